The molecule has 0 aliphatic rings. The van der Waals surface area contributed by atoms with Gasteiger partial charge in [0, 0.05) is 12.4 Å². The van der Waals surface area contributed by atoms with Gasteiger partial charge in [0.15, 0.2) is 11.8 Å². The lowest BCUT2D eigenvalue weighted by Crippen LogP contribution is -2.21. The summed E-state index contributed by atoms with van der Waals surface area (Å²) in [7, 11) is 0. The lowest BCUT2D eigenvalue weighted by molar-refractivity contribution is -0.208. The topological polar surface area (TPSA) is 50.4 Å². The zero-order valence-electron chi connectivity index (χ0n) is 7.31. The Balaban J connectivity index is 2.53. The summed E-state index contributed by atoms with van der Waals surface area (Å²) in [4.78, 5) is 7.40. The summed E-state index contributed by atoms with van der Waals surface area (Å²) in [6.07, 6.45) is -2.30. The van der Waals surface area contributed by atoms with Crippen molar-refractivity contribution in [2.75, 3.05) is 0 Å². The lowest BCUT2D eigenvalue weighted by atomic mass is 10.2. The summed E-state index contributed by atoms with van der Waals surface area (Å²) in [5.74, 6) is 0. The van der Waals surface area contributed by atoms with Crippen LogP contribution in [-0.2, 0) is 0 Å². The molecule has 0 saturated heterocycles. The third-order valence-corrected chi connectivity index (χ3v) is 1.94. The largest absolute Gasteiger partial charge is 0.420 e. The second-order valence-electron chi connectivity index (χ2n) is 2.93. The fraction of sp³-hybridized carbons (Fsp3) is 0.250. The van der Waals surface area contributed by atoms with E-state index in [1.807, 2.05) is 0 Å². The molecule has 0 radical (unpaired) electrons. The van der Waals surface area contributed by atoms with Gasteiger partial charge in [0.1, 0.15) is 0 Å². The number of hydrogen-bond donors (Lipinski definition) is 1. The number of alkyl halides is 3. The van der Waals surface area contributed by atoms with Gasteiger partial charge in [-0.2, -0.15) is 13.2 Å². The van der Waals surface area contributed by atoms with Crippen molar-refractivity contribution in [2.45, 2.75) is 12.3 Å². The minimum atomic E-state index is -4.70. The molecule has 1 N–H and O–H groups in total. The zero-order valence-corrected chi connectivity index (χ0v) is 7.31. The minimum absolute atomic E-state index is 0.260. The Morgan fingerprint density at radius 3 is 2.73 bits per heavy atom. The molecule has 7 heteroatoms. The van der Waals surface area contributed by atoms with Gasteiger partial charge in [-0.05, 0) is 0 Å². The molecule has 0 unspecified atom stereocenters. The molecule has 80 valence electrons. The molecule has 2 aromatic heterocycles. The van der Waals surface area contributed by atoms with E-state index in [1.54, 1.807) is 0 Å². The second-order valence-corrected chi connectivity index (χ2v) is 2.93. The molecular formula is C8H6F3N3O. The first kappa shape index (κ1) is 9.91. The lowest BCUT2D eigenvalue weighted by Gasteiger charge is -2.13. The molecule has 15 heavy (non-hydrogen) atoms. The molecular weight excluding hydrogens is 211 g/mol. The molecule has 1 atom stereocenters. The number of halogens is 3. The van der Waals surface area contributed by atoms with Gasteiger partial charge in [0.25, 0.3) is 0 Å². The van der Waals surface area contributed by atoms with Crippen molar-refractivity contribution in [3.8, 4) is 0 Å². The highest BCUT2D eigenvalue weighted by Crippen LogP contribution is 2.32. The van der Waals surface area contributed by atoms with Crippen LogP contribution in [0.5, 0.6) is 0 Å². The van der Waals surface area contributed by atoms with Gasteiger partial charge in [0.05, 0.1) is 18.1 Å². The van der Waals surface area contributed by atoms with E-state index in [-0.39, 0.29) is 11.3 Å². The van der Waals surface area contributed by atoms with Gasteiger partial charge in [-0.25, -0.2) is 4.98 Å². The van der Waals surface area contributed by atoms with E-state index in [4.69, 9.17) is 5.11 Å². The quantitative estimate of drug-likeness (QED) is 0.783. The van der Waals surface area contributed by atoms with Crippen LogP contribution in [0.1, 0.15) is 11.8 Å². The van der Waals surface area contributed by atoms with E-state index in [9.17, 15) is 13.2 Å². The highest BCUT2D eigenvalue weighted by atomic mass is 19.4. The third-order valence-electron chi connectivity index (χ3n) is 1.94. The van der Waals surface area contributed by atoms with Crippen LogP contribution in [-0.4, -0.2) is 25.7 Å². The van der Waals surface area contributed by atoms with Crippen molar-refractivity contribution >= 4 is 5.65 Å². The number of aliphatic hydroxyl groups is 1. The van der Waals surface area contributed by atoms with Crippen LogP contribution in [0.2, 0.25) is 0 Å². The van der Waals surface area contributed by atoms with Crippen LogP contribution in [0.15, 0.2) is 24.8 Å². The van der Waals surface area contributed by atoms with Crippen molar-refractivity contribution in [1.29, 1.82) is 0 Å². The first-order chi connectivity index (χ1) is 7.00. The van der Waals surface area contributed by atoms with E-state index >= 15 is 0 Å². The number of fused-ring (bicyclic) bond motifs is 1. The number of imidazole rings is 1. The summed E-state index contributed by atoms with van der Waals surface area (Å²) in [5.41, 5.74) is -0.0595. The first-order valence-corrected chi connectivity index (χ1v) is 4.02. The van der Waals surface area contributed by atoms with E-state index in [1.165, 1.54) is 18.6 Å². The predicted molar refractivity (Wildman–Crippen MR) is 44.0 cm³/mol. The van der Waals surface area contributed by atoms with Crippen LogP contribution in [0.25, 0.3) is 5.65 Å². The standard InChI is InChI=1S/C8H6F3N3O/c9-8(10,11)7(15)5-3-13-6-4-12-1-2-14(5)6/h1-4,7,15H/t7-/m1/s1. The molecule has 2 heterocycles. The molecule has 4 nitrogen and oxygen atoms in total. The van der Waals surface area contributed by atoms with Crippen LogP contribution in [0, 0.1) is 0 Å². The number of nitrogens with zero attached hydrogens (tertiary/aromatic N) is 3. The van der Waals surface area contributed by atoms with E-state index in [0.717, 1.165) is 10.6 Å². The van der Waals surface area contributed by atoms with Gasteiger partial charge in [-0.1, -0.05) is 0 Å². The molecule has 2 rings (SSSR count). The van der Waals surface area contributed by atoms with Gasteiger partial charge in [-0.3, -0.25) is 9.38 Å². The van der Waals surface area contributed by atoms with E-state index < -0.39 is 12.3 Å². The monoisotopic (exact) mass is 217 g/mol. The summed E-state index contributed by atoms with van der Waals surface area (Å²) in [6, 6.07) is 0. The van der Waals surface area contributed by atoms with Gasteiger partial charge < -0.3 is 5.11 Å². The van der Waals surface area contributed by atoms with Gasteiger partial charge in [0.2, 0.25) is 0 Å². The third kappa shape index (κ3) is 1.65. The van der Waals surface area contributed by atoms with E-state index in [0.29, 0.717) is 0 Å². The van der Waals surface area contributed by atoms with Gasteiger partial charge in [-0.15, -0.1) is 0 Å². The molecule has 0 amide bonds. The Labute approximate surface area is 82.0 Å². The van der Waals surface area contributed by atoms with Crippen LogP contribution < -0.4 is 0 Å². The summed E-state index contributed by atoms with van der Waals surface area (Å²) in [6.45, 7) is 0. The van der Waals surface area contributed by atoms with Crippen molar-refractivity contribution in [3.63, 3.8) is 0 Å². The minimum Gasteiger partial charge on any atom is -0.378 e. The Kier molecular flexibility index (Phi) is 2.11. The molecule has 0 fully saturated rings. The SMILES string of the molecule is O[C@H](c1cnc2cnccn12)C(F)(F)F. The van der Waals surface area contributed by atoms with Crippen molar-refractivity contribution in [1.82, 2.24) is 14.4 Å². The second kappa shape index (κ2) is 3.20. The van der Waals surface area contributed by atoms with Crippen molar-refractivity contribution in [3.05, 3.63) is 30.5 Å². The van der Waals surface area contributed by atoms with Crippen LogP contribution in [0.4, 0.5) is 13.2 Å². The molecule has 2 aromatic rings. The Morgan fingerprint density at radius 2 is 2.07 bits per heavy atom. The molecule has 0 bridgehead atoms. The zero-order chi connectivity index (χ0) is 11.1. The highest BCUT2D eigenvalue weighted by Gasteiger charge is 2.41. The van der Waals surface area contributed by atoms with Crippen molar-refractivity contribution in [2.24, 2.45) is 0 Å². The summed E-state index contributed by atoms with van der Waals surface area (Å²) < 4.78 is 37.8. The molecule has 0 aromatic carbocycles. The number of aliphatic hydroxyl groups excluding tert-OH is 1. The maximum atomic E-state index is 12.2. The van der Waals surface area contributed by atoms with Crippen molar-refractivity contribution < 1.29 is 18.3 Å². The Hall–Kier alpha value is -1.63. The Bertz CT molecular complexity index is 479. The fourth-order valence-corrected chi connectivity index (χ4v) is 1.23. The smallest absolute Gasteiger partial charge is 0.378 e. The highest BCUT2D eigenvalue weighted by molar-refractivity contribution is 5.37. The summed E-state index contributed by atoms with van der Waals surface area (Å²) in [5, 5.41) is 9.04. The van der Waals surface area contributed by atoms with Gasteiger partial charge >= 0.3 is 6.18 Å². The number of rotatable bonds is 1. The first-order valence-electron chi connectivity index (χ1n) is 4.02. The molecule has 0 aliphatic heterocycles. The average Bonchev–Trinajstić information content (AvgIpc) is 2.58. The molecule has 0 aliphatic carbocycles. The number of hydrogen-bond acceptors (Lipinski definition) is 3. The fourth-order valence-electron chi connectivity index (χ4n) is 1.23. The normalized spacial score (nSPS) is 14.4. The van der Waals surface area contributed by atoms with Crippen LogP contribution >= 0.6 is 0 Å². The average molecular weight is 217 g/mol. The Morgan fingerprint density at radius 1 is 1.33 bits per heavy atom. The number of aromatic nitrogens is 3. The molecule has 0 spiro atoms. The van der Waals surface area contributed by atoms with E-state index in [2.05, 4.69) is 9.97 Å². The predicted octanol–water partition coefficient (Wildman–Crippen LogP) is 1.32. The maximum Gasteiger partial charge on any atom is 0.420 e. The van der Waals surface area contributed by atoms with Crippen LogP contribution in [0.3, 0.4) is 0 Å². The maximum absolute atomic E-state index is 12.2. The molecule has 0 saturated carbocycles. The summed E-state index contributed by atoms with van der Waals surface area (Å²) >= 11 is 0.